The monoisotopic (exact) mass is 262 g/mol. The van der Waals surface area contributed by atoms with Gasteiger partial charge in [-0.25, -0.2) is 4.98 Å². The Morgan fingerprint density at radius 1 is 1.06 bits per heavy atom. The van der Waals surface area contributed by atoms with Crippen LogP contribution >= 0.6 is 23.2 Å². The topological polar surface area (TPSA) is 17.3 Å². The first-order valence-electron chi connectivity index (χ1n) is 5.13. The molecule has 3 aromatic rings. The zero-order valence-electron chi connectivity index (χ0n) is 8.77. The predicted molar refractivity (Wildman–Crippen MR) is 70.6 cm³/mol. The molecule has 0 saturated carbocycles. The molecule has 0 aliphatic carbocycles. The van der Waals surface area contributed by atoms with Crippen LogP contribution in [-0.2, 0) is 0 Å². The number of hydrogen-bond donors (Lipinski definition) is 0. The van der Waals surface area contributed by atoms with Crippen molar-refractivity contribution < 1.29 is 0 Å². The van der Waals surface area contributed by atoms with E-state index in [1.165, 1.54) is 0 Å². The van der Waals surface area contributed by atoms with Crippen LogP contribution in [0.1, 0.15) is 0 Å². The third-order valence-corrected chi connectivity index (χ3v) is 3.17. The van der Waals surface area contributed by atoms with Crippen molar-refractivity contribution in [2.45, 2.75) is 0 Å². The highest BCUT2D eigenvalue weighted by molar-refractivity contribution is 6.33. The molecule has 2 nitrogen and oxygen atoms in total. The van der Waals surface area contributed by atoms with Gasteiger partial charge in [0.2, 0.25) is 0 Å². The largest absolute Gasteiger partial charge is 0.300 e. The fourth-order valence-electron chi connectivity index (χ4n) is 1.81. The van der Waals surface area contributed by atoms with Gasteiger partial charge in [0.1, 0.15) is 5.82 Å². The van der Waals surface area contributed by atoms with E-state index in [-0.39, 0.29) is 0 Å². The summed E-state index contributed by atoms with van der Waals surface area (Å²) in [5, 5.41) is 1.39. The van der Waals surface area contributed by atoms with Crippen LogP contribution in [0.5, 0.6) is 0 Å². The van der Waals surface area contributed by atoms with E-state index in [0.29, 0.717) is 10.0 Å². The maximum Gasteiger partial charge on any atom is 0.145 e. The number of pyridine rings is 1. The maximum atomic E-state index is 6.17. The Bertz CT molecular complexity index is 689. The van der Waals surface area contributed by atoms with E-state index in [1.54, 1.807) is 6.20 Å². The Balaban J connectivity index is 2.29. The second kappa shape index (κ2) is 4.06. The molecule has 0 amide bonds. The third kappa shape index (κ3) is 1.79. The standard InChI is InChI=1S/C13H8Cl2N2/c14-9-5-6-17-10(7-9)8-16-13(17)11-3-1-2-4-12(11)15/h1-8H. The van der Waals surface area contributed by atoms with Gasteiger partial charge >= 0.3 is 0 Å². The smallest absolute Gasteiger partial charge is 0.145 e. The first-order valence-corrected chi connectivity index (χ1v) is 5.89. The van der Waals surface area contributed by atoms with Gasteiger partial charge in [-0.05, 0) is 24.3 Å². The number of aromatic nitrogens is 2. The molecule has 0 unspecified atom stereocenters. The van der Waals surface area contributed by atoms with Crippen LogP contribution in [0.2, 0.25) is 10.0 Å². The second-order valence-corrected chi connectivity index (χ2v) is 4.55. The predicted octanol–water partition coefficient (Wildman–Crippen LogP) is 4.31. The maximum absolute atomic E-state index is 6.17. The molecule has 2 aromatic heterocycles. The number of rotatable bonds is 1. The molecule has 0 bridgehead atoms. The summed E-state index contributed by atoms with van der Waals surface area (Å²) in [6.45, 7) is 0. The van der Waals surface area contributed by atoms with Gasteiger partial charge in [-0.2, -0.15) is 0 Å². The number of nitrogens with zero attached hydrogens (tertiary/aromatic N) is 2. The van der Waals surface area contributed by atoms with Crippen LogP contribution in [-0.4, -0.2) is 9.38 Å². The van der Waals surface area contributed by atoms with Gasteiger partial charge in [0.15, 0.2) is 0 Å². The quantitative estimate of drug-likeness (QED) is 0.639. The Labute approximate surface area is 108 Å². The molecular formula is C13H8Cl2N2. The molecule has 84 valence electrons. The fourth-order valence-corrected chi connectivity index (χ4v) is 2.20. The Hall–Kier alpha value is -1.51. The summed E-state index contributed by atoms with van der Waals surface area (Å²) in [6.07, 6.45) is 3.67. The summed E-state index contributed by atoms with van der Waals surface area (Å²) in [4.78, 5) is 4.39. The van der Waals surface area contributed by atoms with Crippen molar-refractivity contribution in [3.05, 3.63) is 58.8 Å². The molecule has 0 aliphatic rings. The summed E-state index contributed by atoms with van der Waals surface area (Å²) < 4.78 is 1.97. The Morgan fingerprint density at radius 3 is 2.71 bits per heavy atom. The summed E-state index contributed by atoms with van der Waals surface area (Å²) in [5.74, 6) is 0.822. The number of fused-ring (bicyclic) bond motifs is 1. The molecule has 0 aliphatic heterocycles. The zero-order chi connectivity index (χ0) is 11.8. The highest BCUT2D eigenvalue weighted by atomic mass is 35.5. The van der Waals surface area contributed by atoms with E-state index < -0.39 is 0 Å². The number of halogens is 2. The van der Waals surface area contributed by atoms with Gasteiger partial charge in [-0.1, -0.05) is 35.3 Å². The van der Waals surface area contributed by atoms with Gasteiger partial charge in [0.25, 0.3) is 0 Å². The third-order valence-electron chi connectivity index (χ3n) is 2.61. The molecule has 0 fully saturated rings. The fraction of sp³-hybridized carbons (Fsp3) is 0. The minimum atomic E-state index is 0.690. The highest BCUT2D eigenvalue weighted by Crippen LogP contribution is 2.27. The van der Waals surface area contributed by atoms with Crippen LogP contribution in [0.25, 0.3) is 16.9 Å². The zero-order valence-corrected chi connectivity index (χ0v) is 10.3. The molecule has 0 atom stereocenters. The summed E-state index contributed by atoms with van der Waals surface area (Å²) in [6, 6.07) is 11.3. The van der Waals surface area contributed by atoms with Crippen molar-refractivity contribution in [2.24, 2.45) is 0 Å². The van der Waals surface area contributed by atoms with Crippen molar-refractivity contribution in [1.82, 2.24) is 9.38 Å². The van der Waals surface area contributed by atoms with Crippen molar-refractivity contribution in [1.29, 1.82) is 0 Å². The normalized spacial score (nSPS) is 10.9. The molecule has 3 rings (SSSR count). The molecule has 4 heteroatoms. The Kier molecular flexibility index (Phi) is 2.54. The molecule has 0 radical (unpaired) electrons. The van der Waals surface area contributed by atoms with Gasteiger partial charge in [0.05, 0.1) is 16.7 Å². The number of imidazole rings is 1. The van der Waals surface area contributed by atoms with Crippen molar-refractivity contribution in [3.8, 4) is 11.4 Å². The average Bonchev–Trinajstić information content (AvgIpc) is 2.72. The van der Waals surface area contributed by atoms with Crippen molar-refractivity contribution in [3.63, 3.8) is 0 Å². The molecule has 2 heterocycles. The lowest BCUT2D eigenvalue weighted by molar-refractivity contribution is 1.16. The molecule has 0 spiro atoms. The molecule has 1 aromatic carbocycles. The number of hydrogen-bond acceptors (Lipinski definition) is 1. The van der Waals surface area contributed by atoms with Gasteiger partial charge in [0, 0.05) is 16.8 Å². The summed E-state index contributed by atoms with van der Waals surface area (Å²) in [5.41, 5.74) is 1.86. The van der Waals surface area contributed by atoms with E-state index in [1.807, 2.05) is 47.0 Å². The lowest BCUT2D eigenvalue weighted by atomic mass is 10.2. The van der Waals surface area contributed by atoms with Crippen molar-refractivity contribution >= 4 is 28.7 Å². The average molecular weight is 263 g/mol. The molecule has 17 heavy (non-hydrogen) atoms. The van der Waals surface area contributed by atoms with E-state index >= 15 is 0 Å². The van der Waals surface area contributed by atoms with Crippen molar-refractivity contribution in [2.75, 3.05) is 0 Å². The van der Waals surface area contributed by atoms with E-state index in [0.717, 1.165) is 16.9 Å². The van der Waals surface area contributed by atoms with Gasteiger partial charge in [-0.3, -0.25) is 4.40 Å². The van der Waals surface area contributed by atoms with Gasteiger partial charge in [-0.15, -0.1) is 0 Å². The molecule has 0 saturated heterocycles. The SMILES string of the molecule is Clc1ccn2c(-c3ccccc3Cl)ncc2c1. The lowest BCUT2D eigenvalue weighted by Gasteiger charge is -2.03. The van der Waals surface area contributed by atoms with Crippen LogP contribution in [0, 0.1) is 0 Å². The summed E-state index contributed by atoms with van der Waals surface area (Å²) in [7, 11) is 0. The molecular weight excluding hydrogens is 255 g/mol. The van der Waals surface area contributed by atoms with E-state index in [2.05, 4.69) is 4.98 Å². The number of benzene rings is 1. The summed E-state index contributed by atoms with van der Waals surface area (Å²) >= 11 is 12.1. The van der Waals surface area contributed by atoms with Gasteiger partial charge < -0.3 is 0 Å². The van der Waals surface area contributed by atoms with E-state index in [4.69, 9.17) is 23.2 Å². The minimum absolute atomic E-state index is 0.690. The first-order chi connectivity index (χ1) is 8.25. The van der Waals surface area contributed by atoms with Crippen LogP contribution < -0.4 is 0 Å². The Morgan fingerprint density at radius 2 is 1.88 bits per heavy atom. The molecule has 0 N–H and O–H groups in total. The minimum Gasteiger partial charge on any atom is -0.300 e. The van der Waals surface area contributed by atoms with Crippen LogP contribution in [0.4, 0.5) is 0 Å². The van der Waals surface area contributed by atoms with Crippen LogP contribution in [0.3, 0.4) is 0 Å². The second-order valence-electron chi connectivity index (χ2n) is 3.70. The highest BCUT2D eigenvalue weighted by Gasteiger charge is 2.09. The van der Waals surface area contributed by atoms with Crippen LogP contribution in [0.15, 0.2) is 48.8 Å². The lowest BCUT2D eigenvalue weighted by Crippen LogP contribution is -1.89. The van der Waals surface area contributed by atoms with E-state index in [9.17, 15) is 0 Å². The first kappa shape index (κ1) is 10.6.